The van der Waals surface area contributed by atoms with Crippen molar-refractivity contribution < 1.29 is 9.53 Å². The van der Waals surface area contributed by atoms with E-state index in [9.17, 15) is 4.79 Å². The van der Waals surface area contributed by atoms with Gasteiger partial charge in [-0.1, -0.05) is 11.8 Å². The zero-order chi connectivity index (χ0) is 16.1. The first-order valence-electron chi connectivity index (χ1n) is 7.86. The molecule has 0 bridgehead atoms. The van der Waals surface area contributed by atoms with Crippen molar-refractivity contribution in [2.45, 2.75) is 24.4 Å². The van der Waals surface area contributed by atoms with Gasteiger partial charge in [-0.05, 0) is 43.5 Å². The molecule has 2 heterocycles. The van der Waals surface area contributed by atoms with E-state index in [1.807, 2.05) is 39.9 Å². The molecule has 1 fully saturated rings. The standard InChI is InChI=1S/C17H21N3O2S/c1-22-15-7-5-14(6-8-15)20-12-9-18-17(20)23-13-16(21)19-10-3-2-4-11-19/h5-9,12H,2-4,10-11,13H2,1H3. The highest BCUT2D eigenvalue weighted by atomic mass is 32.2. The lowest BCUT2D eigenvalue weighted by Crippen LogP contribution is -2.36. The van der Waals surface area contributed by atoms with E-state index >= 15 is 0 Å². The van der Waals surface area contributed by atoms with Gasteiger partial charge < -0.3 is 9.64 Å². The second-order valence-corrected chi connectivity index (χ2v) is 6.45. The van der Waals surface area contributed by atoms with Gasteiger partial charge in [0, 0.05) is 31.2 Å². The minimum atomic E-state index is 0.207. The molecule has 0 N–H and O–H groups in total. The minimum absolute atomic E-state index is 0.207. The van der Waals surface area contributed by atoms with Crippen LogP contribution in [0.25, 0.3) is 5.69 Å². The molecule has 1 amide bonds. The monoisotopic (exact) mass is 331 g/mol. The average molecular weight is 331 g/mol. The highest BCUT2D eigenvalue weighted by Gasteiger charge is 2.17. The fraction of sp³-hybridized carbons (Fsp3) is 0.412. The van der Waals surface area contributed by atoms with Crippen LogP contribution in [0.5, 0.6) is 5.75 Å². The Hall–Kier alpha value is -1.95. The predicted octanol–water partition coefficient (Wildman–Crippen LogP) is 2.99. The second kappa shape index (κ2) is 7.55. The number of nitrogens with zero attached hydrogens (tertiary/aromatic N) is 3. The van der Waals surface area contributed by atoms with Crippen molar-refractivity contribution >= 4 is 17.7 Å². The number of methoxy groups -OCH3 is 1. The van der Waals surface area contributed by atoms with Crippen molar-refractivity contribution in [1.82, 2.24) is 14.5 Å². The number of piperidine rings is 1. The van der Waals surface area contributed by atoms with Gasteiger partial charge in [-0.15, -0.1) is 0 Å². The number of carbonyl (C=O) groups is 1. The van der Waals surface area contributed by atoms with Gasteiger partial charge in [0.2, 0.25) is 5.91 Å². The Bertz CT molecular complexity index is 648. The molecule has 122 valence electrons. The molecule has 0 unspecified atom stereocenters. The number of rotatable bonds is 5. The zero-order valence-corrected chi connectivity index (χ0v) is 14.1. The maximum atomic E-state index is 12.3. The van der Waals surface area contributed by atoms with Crippen molar-refractivity contribution in [2.24, 2.45) is 0 Å². The summed E-state index contributed by atoms with van der Waals surface area (Å²) in [7, 11) is 1.65. The Balaban J connectivity index is 1.64. The van der Waals surface area contributed by atoms with Crippen molar-refractivity contribution in [3.63, 3.8) is 0 Å². The van der Waals surface area contributed by atoms with E-state index in [4.69, 9.17) is 4.74 Å². The molecule has 2 aromatic rings. The van der Waals surface area contributed by atoms with E-state index in [1.54, 1.807) is 13.3 Å². The smallest absolute Gasteiger partial charge is 0.233 e. The Kier molecular flexibility index (Phi) is 5.23. The van der Waals surface area contributed by atoms with Crippen LogP contribution in [0.15, 0.2) is 41.8 Å². The molecule has 1 aromatic heterocycles. The summed E-state index contributed by atoms with van der Waals surface area (Å²) < 4.78 is 7.18. The van der Waals surface area contributed by atoms with Crippen LogP contribution in [0.3, 0.4) is 0 Å². The van der Waals surface area contributed by atoms with Crippen LogP contribution in [0.1, 0.15) is 19.3 Å². The van der Waals surface area contributed by atoms with Gasteiger partial charge in [0.1, 0.15) is 5.75 Å². The van der Waals surface area contributed by atoms with E-state index < -0.39 is 0 Å². The third-order valence-corrected chi connectivity index (χ3v) is 4.94. The zero-order valence-electron chi connectivity index (χ0n) is 13.3. The number of thioether (sulfide) groups is 1. The first kappa shape index (κ1) is 15.9. The van der Waals surface area contributed by atoms with Crippen LogP contribution in [-0.2, 0) is 4.79 Å². The predicted molar refractivity (Wildman–Crippen MR) is 91.3 cm³/mol. The van der Waals surface area contributed by atoms with Crippen LogP contribution in [0.2, 0.25) is 0 Å². The number of imidazole rings is 1. The Labute approximate surface area is 140 Å². The fourth-order valence-corrected chi connectivity index (χ4v) is 3.57. The van der Waals surface area contributed by atoms with Gasteiger partial charge in [-0.3, -0.25) is 9.36 Å². The van der Waals surface area contributed by atoms with Gasteiger partial charge in [0.25, 0.3) is 0 Å². The van der Waals surface area contributed by atoms with Crippen molar-refractivity contribution in [3.8, 4) is 11.4 Å². The average Bonchev–Trinajstić information content (AvgIpc) is 3.09. The molecule has 23 heavy (non-hydrogen) atoms. The van der Waals surface area contributed by atoms with Crippen molar-refractivity contribution in [2.75, 3.05) is 26.0 Å². The van der Waals surface area contributed by atoms with Crippen LogP contribution in [0.4, 0.5) is 0 Å². The third kappa shape index (κ3) is 3.88. The van der Waals surface area contributed by atoms with Crippen molar-refractivity contribution in [1.29, 1.82) is 0 Å². The summed E-state index contributed by atoms with van der Waals surface area (Å²) in [6, 6.07) is 7.80. The van der Waals surface area contributed by atoms with Gasteiger partial charge in [-0.2, -0.15) is 0 Å². The molecule has 1 saturated heterocycles. The SMILES string of the molecule is COc1ccc(-n2ccnc2SCC(=O)N2CCCCC2)cc1. The molecule has 3 rings (SSSR count). The number of likely N-dealkylation sites (tertiary alicyclic amines) is 1. The maximum Gasteiger partial charge on any atom is 0.233 e. The molecule has 0 spiro atoms. The number of hydrogen-bond donors (Lipinski definition) is 0. The second-order valence-electron chi connectivity index (χ2n) is 5.51. The highest BCUT2D eigenvalue weighted by Crippen LogP contribution is 2.23. The molecule has 1 aliphatic rings. The molecule has 1 aromatic carbocycles. The molecular weight excluding hydrogens is 310 g/mol. The molecule has 0 aliphatic carbocycles. The fourth-order valence-electron chi connectivity index (χ4n) is 2.70. The van der Waals surface area contributed by atoms with E-state index in [2.05, 4.69) is 4.98 Å². The molecule has 0 radical (unpaired) electrons. The lowest BCUT2D eigenvalue weighted by molar-refractivity contribution is -0.129. The summed E-state index contributed by atoms with van der Waals surface area (Å²) in [6.07, 6.45) is 7.15. The summed E-state index contributed by atoms with van der Waals surface area (Å²) in [5, 5.41) is 0.834. The van der Waals surface area contributed by atoms with Crippen molar-refractivity contribution in [3.05, 3.63) is 36.7 Å². The number of benzene rings is 1. The quantitative estimate of drug-likeness (QED) is 0.790. The highest BCUT2D eigenvalue weighted by molar-refractivity contribution is 7.99. The Morgan fingerprint density at radius 3 is 2.65 bits per heavy atom. The Morgan fingerprint density at radius 1 is 1.22 bits per heavy atom. The minimum Gasteiger partial charge on any atom is -0.497 e. The molecule has 5 nitrogen and oxygen atoms in total. The number of ether oxygens (including phenoxy) is 1. The van der Waals surface area contributed by atoms with Crippen LogP contribution < -0.4 is 4.74 Å². The van der Waals surface area contributed by atoms with Gasteiger partial charge in [-0.25, -0.2) is 4.98 Å². The summed E-state index contributed by atoms with van der Waals surface area (Å²) in [4.78, 5) is 18.6. The summed E-state index contributed by atoms with van der Waals surface area (Å²) in [5.74, 6) is 1.47. The maximum absolute atomic E-state index is 12.3. The lowest BCUT2D eigenvalue weighted by Gasteiger charge is -2.26. The van der Waals surface area contributed by atoms with Crippen LogP contribution >= 0.6 is 11.8 Å². The summed E-state index contributed by atoms with van der Waals surface area (Å²) >= 11 is 1.49. The van der Waals surface area contributed by atoms with Crippen LogP contribution in [0, 0.1) is 0 Å². The van der Waals surface area contributed by atoms with E-state index in [0.717, 1.165) is 42.5 Å². The number of aromatic nitrogens is 2. The first-order chi connectivity index (χ1) is 11.3. The lowest BCUT2D eigenvalue weighted by atomic mass is 10.1. The Morgan fingerprint density at radius 2 is 1.96 bits per heavy atom. The van der Waals surface area contributed by atoms with Gasteiger partial charge >= 0.3 is 0 Å². The number of carbonyl (C=O) groups excluding carboxylic acids is 1. The van der Waals surface area contributed by atoms with Gasteiger partial charge in [0.15, 0.2) is 5.16 Å². The normalized spacial score (nSPS) is 14.7. The van der Waals surface area contributed by atoms with Gasteiger partial charge in [0.05, 0.1) is 12.9 Å². The molecule has 1 aliphatic heterocycles. The summed E-state index contributed by atoms with van der Waals surface area (Å²) in [6.45, 7) is 1.79. The van der Waals surface area contributed by atoms with E-state index in [1.165, 1.54) is 18.2 Å². The third-order valence-electron chi connectivity index (χ3n) is 3.99. The first-order valence-corrected chi connectivity index (χ1v) is 8.85. The molecule has 0 atom stereocenters. The number of hydrogen-bond acceptors (Lipinski definition) is 4. The molecule has 6 heteroatoms. The molecule has 0 saturated carbocycles. The van der Waals surface area contributed by atoms with E-state index in [0.29, 0.717) is 5.75 Å². The van der Waals surface area contributed by atoms with Crippen LogP contribution in [-0.4, -0.2) is 46.3 Å². The van der Waals surface area contributed by atoms with E-state index in [-0.39, 0.29) is 5.91 Å². The topological polar surface area (TPSA) is 47.4 Å². The largest absolute Gasteiger partial charge is 0.497 e. The molecular formula is C17H21N3O2S. The number of amides is 1. The summed E-state index contributed by atoms with van der Waals surface area (Å²) in [5.41, 5.74) is 1.01.